The second-order valence-corrected chi connectivity index (χ2v) is 13.9. The Morgan fingerprint density at radius 1 is 0.600 bits per heavy atom. The summed E-state index contributed by atoms with van der Waals surface area (Å²) in [5, 5.41) is 28.5. The first-order chi connectivity index (χ1) is 23.8. The topological polar surface area (TPSA) is 177 Å². The molecule has 11 heteroatoms. The zero-order valence-electron chi connectivity index (χ0n) is 30.9. The second kappa shape index (κ2) is 30.2. The molecule has 0 radical (unpaired) electrons. The first-order valence-electron chi connectivity index (χ1n) is 18.7. The van der Waals surface area contributed by atoms with E-state index in [1.807, 2.05) is 6.07 Å². The molecule has 1 atom stereocenters. The van der Waals surface area contributed by atoms with Crippen LogP contribution in [0.2, 0.25) is 0 Å². The van der Waals surface area contributed by atoms with E-state index >= 15 is 0 Å². The molecule has 4 N–H and O–H groups in total. The van der Waals surface area contributed by atoms with Gasteiger partial charge in [-0.3, -0.25) is 14.4 Å². The first-order valence-corrected chi connectivity index (χ1v) is 18.7. The van der Waals surface area contributed by atoms with Gasteiger partial charge in [-0.15, -0.1) is 0 Å². The number of carboxylic acids is 3. The summed E-state index contributed by atoms with van der Waals surface area (Å²) in [6.07, 6.45) is 21.7. The number of carbonyl (C=O) groups excluding carboxylic acids is 2. The van der Waals surface area contributed by atoms with Gasteiger partial charge in [-0.2, -0.15) is 0 Å². The minimum atomic E-state index is -1.24. The van der Waals surface area contributed by atoms with Gasteiger partial charge in [-0.25, -0.2) is 9.59 Å². The number of unbranched alkanes of at least 4 members (excludes halogenated alkanes) is 17. The Labute approximate surface area is 299 Å². The molecule has 0 aromatic heterocycles. The number of carboxylic acid groups (broad SMARTS) is 3. The van der Waals surface area contributed by atoms with E-state index in [9.17, 15) is 24.0 Å². The number of nitrogens with one attached hydrogen (secondary N) is 1. The monoisotopic (exact) mass is 707 g/mol. The molecule has 1 aromatic rings. The van der Waals surface area contributed by atoms with Crippen molar-refractivity contribution in [2.24, 2.45) is 0 Å². The third-order valence-corrected chi connectivity index (χ3v) is 7.89. The Morgan fingerprint density at radius 3 is 1.32 bits per heavy atom. The van der Waals surface area contributed by atoms with Crippen LogP contribution in [-0.4, -0.2) is 56.9 Å². The van der Waals surface area contributed by atoms with Crippen LogP contribution in [0.3, 0.4) is 0 Å². The number of ether oxygens (including phenoxy) is 2. The fourth-order valence-corrected chi connectivity index (χ4v) is 5.20. The summed E-state index contributed by atoms with van der Waals surface area (Å²) in [5.41, 5.74) is 0.144. The highest BCUT2D eigenvalue weighted by atomic mass is 16.6. The van der Waals surface area contributed by atoms with Crippen LogP contribution in [0, 0.1) is 0 Å². The summed E-state index contributed by atoms with van der Waals surface area (Å²) in [6, 6.07) is 7.78. The van der Waals surface area contributed by atoms with E-state index in [0.29, 0.717) is 12.8 Å². The summed E-state index contributed by atoms with van der Waals surface area (Å²) < 4.78 is 10.1. The van der Waals surface area contributed by atoms with Gasteiger partial charge in [0.2, 0.25) is 0 Å². The zero-order chi connectivity index (χ0) is 37.5. The number of amides is 1. The molecule has 50 heavy (non-hydrogen) atoms. The van der Waals surface area contributed by atoms with Crippen LogP contribution in [0.25, 0.3) is 0 Å². The minimum Gasteiger partial charge on any atom is -0.481 e. The van der Waals surface area contributed by atoms with Crippen molar-refractivity contribution in [1.82, 2.24) is 5.32 Å². The Bertz CT molecular complexity index is 1020. The molecule has 0 unspecified atom stereocenters. The molecule has 0 saturated heterocycles. The molecular formula is C39H65NO10. The number of hydrogen-bond acceptors (Lipinski definition) is 7. The third-order valence-electron chi connectivity index (χ3n) is 7.89. The van der Waals surface area contributed by atoms with Crippen molar-refractivity contribution in [2.45, 2.75) is 180 Å². The lowest BCUT2D eigenvalue weighted by Gasteiger charge is -2.20. The Hall–Kier alpha value is -3.63. The molecule has 11 nitrogen and oxygen atoms in total. The average molecular weight is 708 g/mol. The second-order valence-electron chi connectivity index (χ2n) is 13.9. The van der Waals surface area contributed by atoms with E-state index in [4.69, 9.17) is 24.8 Å². The lowest BCUT2D eigenvalue weighted by atomic mass is 10.0. The zero-order valence-corrected chi connectivity index (χ0v) is 30.9. The molecular weight excluding hydrogens is 642 g/mol. The molecule has 0 bridgehead atoms. The van der Waals surface area contributed by atoms with Crippen LogP contribution in [0.1, 0.15) is 168 Å². The fraction of sp³-hybridized carbons (Fsp3) is 0.718. The third kappa shape index (κ3) is 32.9. The molecule has 0 heterocycles. The van der Waals surface area contributed by atoms with Crippen molar-refractivity contribution in [3.63, 3.8) is 0 Å². The van der Waals surface area contributed by atoms with E-state index in [1.54, 1.807) is 45.0 Å². The summed E-state index contributed by atoms with van der Waals surface area (Å²) in [5.74, 6) is -3.10. The van der Waals surface area contributed by atoms with Crippen LogP contribution >= 0.6 is 0 Å². The highest BCUT2D eigenvalue weighted by Crippen LogP contribution is 2.15. The van der Waals surface area contributed by atoms with Gasteiger partial charge in [0.05, 0.1) is 0 Å². The normalized spacial score (nSPS) is 11.5. The molecule has 0 spiro atoms. The Balaban J connectivity index is 0.000000963. The number of esters is 1. The number of carbonyl (C=O) groups is 5. The molecule has 0 aliphatic carbocycles. The van der Waals surface area contributed by atoms with Crippen LogP contribution in [0.4, 0.5) is 4.79 Å². The Kier molecular flexibility index (Phi) is 28.0. The standard InChI is InChI=1S/C22H42O4.C17H23NO6/c23-21(24)19-17-15-13-11-9-7-5-3-1-2-4-6-8-10-12-14-16-18-20-22(25)26;1-17(2,3)24-14(19)10-9-13(15(20)21)18-16(22)23-11-12-7-5-4-6-8-12/h1-20H2,(H,23,24)(H,25,26);4-8,13H,9-11H2,1-3H3,(H,18,22)(H,20,21)/t;13-/m.0/s1. The van der Waals surface area contributed by atoms with Crippen LogP contribution < -0.4 is 5.32 Å². The van der Waals surface area contributed by atoms with Gasteiger partial charge in [0, 0.05) is 19.3 Å². The molecule has 1 rings (SSSR count). The number of rotatable bonds is 28. The van der Waals surface area contributed by atoms with Crippen molar-refractivity contribution < 1.29 is 48.8 Å². The van der Waals surface area contributed by atoms with Crippen molar-refractivity contribution >= 4 is 30.0 Å². The van der Waals surface area contributed by atoms with Gasteiger partial charge in [-0.1, -0.05) is 133 Å². The van der Waals surface area contributed by atoms with E-state index in [1.165, 1.54) is 89.9 Å². The van der Waals surface area contributed by atoms with Gasteiger partial charge in [-0.05, 0) is 45.6 Å². The van der Waals surface area contributed by atoms with Gasteiger partial charge in [0.25, 0.3) is 0 Å². The van der Waals surface area contributed by atoms with Gasteiger partial charge in [0.1, 0.15) is 18.2 Å². The van der Waals surface area contributed by atoms with Gasteiger partial charge in [0.15, 0.2) is 0 Å². The van der Waals surface area contributed by atoms with E-state index < -0.39 is 41.6 Å². The van der Waals surface area contributed by atoms with Crippen LogP contribution in [0.15, 0.2) is 30.3 Å². The molecule has 0 fully saturated rings. The Morgan fingerprint density at radius 2 is 0.980 bits per heavy atom. The summed E-state index contributed by atoms with van der Waals surface area (Å²) in [6.45, 7) is 5.20. The van der Waals surface area contributed by atoms with Crippen molar-refractivity contribution in [3.8, 4) is 0 Å². The van der Waals surface area contributed by atoms with Crippen molar-refractivity contribution in [1.29, 1.82) is 0 Å². The largest absolute Gasteiger partial charge is 0.481 e. The molecule has 286 valence electrons. The summed E-state index contributed by atoms with van der Waals surface area (Å²) >= 11 is 0. The summed E-state index contributed by atoms with van der Waals surface area (Å²) in [7, 11) is 0. The minimum absolute atomic E-state index is 0.0328. The molecule has 1 amide bonds. The maximum Gasteiger partial charge on any atom is 0.408 e. The maximum absolute atomic E-state index is 11.7. The highest BCUT2D eigenvalue weighted by Gasteiger charge is 2.24. The molecule has 0 aliphatic heterocycles. The SMILES string of the molecule is CC(C)(C)OC(=O)CC[C@H](NC(=O)OCc1ccccc1)C(=O)O.O=C(O)CCCCCCCCCCCCCCCCCCCCC(=O)O. The van der Waals surface area contributed by atoms with E-state index in [2.05, 4.69) is 5.32 Å². The quantitative estimate of drug-likeness (QED) is 0.0484. The molecule has 0 saturated carbocycles. The van der Waals surface area contributed by atoms with Crippen molar-refractivity contribution in [3.05, 3.63) is 35.9 Å². The smallest absolute Gasteiger partial charge is 0.408 e. The molecule has 1 aromatic carbocycles. The van der Waals surface area contributed by atoms with Crippen molar-refractivity contribution in [2.75, 3.05) is 0 Å². The maximum atomic E-state index is 11.7. The fourth-order valence-electron chi connectivity index (χ4n) is 5.20. The highest BCUT2D eigenvalue weighted by molar-refractivity contribution is 5.80. The predicted molar refractivity (Wildman–Crippen MR) is 194 cm³/mol. The van der Waals surface area contributed by atoms with Crippen LogP contribution in [0.5, 0.6) is 0 Å². The van der Waals surface area contributed by atoms with E-state index in [-0.39, 0.29) is 19.4 Å². The lowest BCUT2D eigenvalue weighted by molar-refractivity contribution is -0.155. The van der Waals surface area contributed by atoms with Gasteiger partial charge >= 0.3 is 30.0 Å². The number of benzene rings is 1. The first kappa shape index (κ1) is 46.4. The lowest BCUT2D eigenvalue weighted by Crippen LogP contribution is -2.41. The van der Waals surface area contributed by atoms with Gasteiger partial charge < -0.3 is 30.1 Å². The van der Waals surface area contributed by atoms with E-state index in [0.717, 1.165) is 31.2 Å². The molecule has 0 aliphatic rings. The number of hydrogen-bond donors (Lipinski definition) is 4. The van der Waals surface area contributed by atoms with Crippen LogP contribution in [-0.2, 0) is 35.3 Å². The average Bonchev–Trinajstić information content (AvgIpc) is 3.04. The predicted octanol–water partition coefficient (Wildman–Crippen LogP) is 9.45. The summed E-state index contributed by atoms with van der Waals surface area (Å²) in [4.78, 5) is 55.3. The number of alkyl carbamates (subject to hydrolysis) is 1. The number of aliphatic carboxylic acids is 3.